The molecule has 0 fully saturated rings. The number of ether oxygens (including phenoxy) is 1. The topological polar surface area (TPSA) is 109 Å². The first kappa shape index (κ1) is 33.4. The average molecular weight is 703 g/mol. The molecule has 2 heterocycles. The van der Waals surface area contributed by atoms with E-state index in [0.717, 1.165) is 21.6 Å². The third-order valence-electron chi connectivity index (χ3n) is 7.19. The van der Waals surface area contributed by atoms with Gasteiger partial charge in [-0.3, -0.25) is 14.4 Å². The Kier molecular flexibility index (Phi) is 11.0. The Bertz CT molecular complexity index is 2080. The second kappa shape index (κ2) is 16.1. The number of thiophene rings is 1. The van der Waals surface area contributed by atoms with Crippen molar-refractivity contribution in [3.05, 3.63) is 154 Å². The number of amides is 3. The summed E-state index contributed by atoms with van der Waals surface area (Å²) in [6.45, 7) is 0. The second-order valence-electron chi connectivity index (χ2n) is 10.6. The number of rotatable bonds is 12. The van der Waals surface area contributed by atoms with Gasteiger partial charge in [0.05, 0.1) is 12.8 Å². The number of methoxy groups -OCH3 is 1. The van der Waals surface area contributed by atoms with Crippen molar-refractivity contribution in [1.82, 2.24) is 10.3 Å². The van der Waals surface area contributed by atoms with Crippen LogP contribution in [0, 0.1) is 0 Å². The molecule has 1 unspecified atom stereocenters. The number of thioether (sulfide) groups is 1. The van der Waals surface area contributed by atoms with Crippen LogP contribution in [0.15, 0.2) is 142 Å². The molecule has 6 rings (SSSR count). The Balaban J connectivity index is 1.20. The molecule has 0 spiro atoms. The number of hydrogen-bond donors (Lipinski definition) is 3. The summed E-state index contributed by atoms with van der Waals surface area (Å²) in [6.07, 6.45) is 1.64. The van der Waals surface area contributed by atoms with E-state index < -0.39 is 17.1 Å². The molecule has 4 aromatic carbocycles. The van der Waals surface area contributed by atoms with Crippen LogP contribution in [0.4, 0.5) is 10.8 Å². The Morgan fingerprint density at radius 3 is 2.35 bits per heavy atom. The van der Waals surface area contributed by atoms with Gasteiger partial charge in [0.25, 0.3) is 11.8 Å². The highest BCUT2D eigenvalue weighted by Crippen LogP contribution is 2.38. The van der Waals surface area contributed by atoms with Gasteiger partial charge in [-0.15, -0.1) is 23.1 Å². The minimum Gasteiger partial charge on any atom is -0.496 e. The molecule has 3 amide bonds. The third kappa shape index (κ3) is 8.71. The summed E-state index contributed by atoms with van der Waals surface area (Å²) >= 11 is 4.18. The van der Waals surface area contributed by atoms with E-state index in [1.807, 2.05) is 95.0 Å². The lowest BCUT2D eigenvalue weighted by molar-refractivity contribution is -0.116. The van der Waals surface area contributed by atoms with Crippen LogP contribution in [-0.4, -0.2) is 29.8 Å². The molecule has 8 nitrogen and oxygen atoms in total. The van der Waals surface area contributed by atoms with Gasteiger partial charge in [0.15, 0.2) is 5.13 Å². The van der Waals surface area contributed by atoms with Crippen molar-refractivity contribution in [2.75, 3.05) is 17.7 Å². The fraction of sp³-hybridized carbons (Fsp3) is 0.0526. The summed E-state index contributed by atoms with van der Waals surface area (Å²) in [5.74, 6) is -0.419. The first-order chi connectivity index (χ1) is 24.0. The standard InChI is InChI=1S/C38H30N4O4S3/c1-46-33-18-9-8-17-30(33)32-24-48-38(41-32)42-37(45)34(26-11-4-2-5-12-26)49-29-16-10-15-28(22-29)39-36(44)31(21-25-19-20-47-23-25)40-35(43)27-13-6-3-7-14-27/h2-24,34H,1H3,(H,39,44)(H,40,43)(H,41,42,45)/b31-21-. The van der Waals surface area contributed by atoms with Gasteiger partial charge in [0.2, 0.25) is 5.91 Å². The number of carbonyl (C=O) groups excluding carboxylic acids is 3. The van der Waals surface area contributed by atoms with E-state index in [1.54, 1.807) is 49.6 Å². The monoisotopic (exact) mass is 702 g/mol. The van der Waals surface area contributed by atoms with Gasteiger partial charge in [0, 0.05) is 27.1 Å². The highest BCUT2D eigenvalue weighted by atomic mass is 32.2. The smallest absolute Gasteiger partial charge is 0.272 e. The number of thiazole rings is 1. The fourth-order valence-electron chi connectivity index (χ4n) is 4.83. The van der Waals surface area contributed by atoms with Crippen LogP contribution < -0.4 is 20.7 Å². The zero-order chi connectivity index (χ0) is 34.0. The van der Waals surface area contributed by atoms with Crippen molar-refractivity contribution in [1.29, 1.82) is 0 Å². The molecule has 49 heavy (non-hydrogen) atoms. The lowest BCUT2D eigenvalue weighted by Gasteiger charge is -2.17. The lowest BCUT2D eigenvalue weighted by Crippen LogP contribution is -2.30. The summed E-state index contributed by atoms with van der Waals surface area (Å²) in [6, 6.07) is 34.9. The highest BCUT2D eigenvalue weighted by Gasteiger charge is 2.24. The van der Waals surface area contributed by atoms with Crippen LogP contribution in [0.5, 0.6) is 5.75 Å². The van der Waals surface area contributed by atoms with Crippen LogP contribution in [0.25, 0.3) is 17.3 Å². The zero-order valence-corrected chi connectivity index (χ0v) is 28.6. The molecule has 0 radical (unpaired) electrons. The minimum absolute atomic E-state index is 0.0998. The van der Waals surface area contributed by atoms with Gasteiger partial charge < -0.3 is 20.7 Å². The predicted molar refractivity (Wildman–Crippen MR) is 199 cm³/mol. The summed E-state index contributed by atoms with van der Waals surface area (Å²) < 4.78 is 5.48. The quantitative estimate of drug-likeness (QED) is 0.0869. The van der Waals surface area contributed by atoms with Crippen molar-refractivity contribution < 1.29 is 19.1 Å². The number of aromatic nitrogens is 1. The van der Waals surface area contributed by atoms with E-state index in [1.165, 1.54) is 34.4 Å². The molecule has 0 aliphatic carbocycles. The number of anilines is 2. The van der Waals surface area contributed by atoms with E-state index >= 15 is 0 Å². The SMILES string of the molecule is COc1ccccc1-c1csc(NC(=O)C(Sc2cccc(NC(=O)/C(=C/c3ccsc3)NC(=O)c3ccccc3)c2)c2ccccc2)n1. The number of benzene rings is 4. The maximum absolute atomic E-state index is 13.8. The van der Waals surface area contributed by atoms with Crippen molar-refractivity contribution in [2.24, 2.45) is 0 Å². The van der Waals surface area contributed by atoms with E-state index in [4.69, 9.17) is 4.74 Å². The van der Waals surface area contributed by atoms with Crippen molar-refractivity contribution >= 4 is 69.1 Å². The largest absolute Gasteiger partial charge is 0.496 e. The Hall–Kier alpha value is -5.49. The molecule has 0 bridgehead atoms. The number of carbonyl (C=O) groups is 3. The molecule has 3 N–H and O–H groups in total. The molecule has 0 aliphatic rings. The first-order valence-corrected chi connectivity index (χ1v) is 17.8. The van der Waals surface area contributed by atoms with Crippen LogP contribution >= 0.6 is 34.4 Å². The van der Waals surface area contributed by atoms with E-state index in [2.05, 4.69) is 20.9 Å². The Labute approximate surface area is 295 Å². The van der Waals surface area contributed by atoms with Gasteiger partial charge in [-0.1, -0.05) is 66.7 Å². The van der Waals surface area contributed by atoms with E-state index in [0.29, 0.717) is 27.8 Å². The maximum Gasteiger partial charge on any atom is 0.272 e. The van der Waals surface area contributed by atoms with Gasteiger partial charge in [-0.2, -0.15) is 11.3 Å². The van der Waals surface area contributed by atoms with E-state index in [9.17, 15) is 14.4 Å². The molecule has 1 atom stereocenters. The van der Waals surface area contributed by atoms with Gasteiger partial charge in [0.1, 0.15) is 16.7 Å². The molecule has 244 valence electrons. The molecular formula is C38H30N4O4S3. The van der Waals surface area contributed by atoms with Gasteiger partial charge >= 0.3 is 0 Å². The van der Waals surface area contributed by atoms with Crippen LogP contribution in [0.2, 0.25) is 0 Å². The zero-order valence-electron chi connectivity index (χ0n) is 26.2. The Morgan fingerprint density at radius 1 is 0.837 bits per heavy atom. The predicted octanol–water partition coefficient (Wildman–Crippen LogP) is 8.76. The lowest BCUT2D eigenvalue weighted by atomic mass is 10.1. The fourth-order valence-corrected chi connectivity index (χ4v) is 7.25. The maximum atomic E-state index is 13.8. The number of hydrogen-bond acceptors (Lipinski definition) is 8. The molecule has 0 saturated heterocycles. The summed E-state index contributed by atoms with van der Waals surface area (Å²) in [5, 5.41) is 14.2. The average Bonchev–Trinajstić information content (AvgIpc) is 3.83. The minimum atomic E-state index is -0.620. The molecule has 6 aromatic rings. The number of para-hydroxylation sites is 1. The first-order valence-electron chi connectivity index (χ1n) is 15.1. The Morgan fingerprint density at radius 2 is 1.59 bits per heavy atom. The molecule has 11 heteroatoms. The van der Waals surface area contributed by atoms with Gasteiger partial charge in [-0.25, -0.2) is 4.98 Å². The molecule has 2 aromatic heterocycles. The van der Waals surface area contributed by atoms with Gasteiger partial charge in [-0.05, 0) is 76.5 Å². The molecule has 0 aliphatic heterocycles. The molecular weight excluding hydrogens is 673 g/mol. The summed E-state index contributed by atoms with van der Waals surface area (Å²) in [7, 11) is 1.61. The third-order valence-corrected chi connectivity index (χ3v) is 9.89. The van der Waals surface area contributed by atoms with Crippen LogP contribution in [0.3, 0.4) is 0 Å². The van der Waals surface area contributed by atoms with Crippen LogP contribution in [-0.2, 0) is 9.59 Å². The normalized spacial score (nSPS) is 11.7. The van der Waals surface area contributed by atoms with Crippen molar-refractivity contribution in [3.8, 4) is 17.0 Å². The molecule has 0 saturated carbocycles. The second-order valence-corrected chi connectivity index (χ2v) is 13.4. The van der Waals surface area contributed by atoms with E-state index in [-0.39, 0.29) is 11.6 Å². The van der Waals surface area contributed by atoms with Crippen LogP contribution in [0.1, 0.15) is 26.7 Å². The summed E-state index contributed by atoms with van der Waals surface area (Å²) in [4.78, 5) is 45.7. The number of nitrogens with zero attached hydrogens (tertiary/aromatic N) is 1. The summed E-state index contributed by atoms with van der Waals surface area (Å²) in [5.41, 5.74) is 4.19. The highest BCUT2D eigenvalue weighted by molar-refractivity contribution is 8.00. The number of nitrogens with one attached hydrogen (secondary N) is 3. The van der Waals surface area contributed by atoms with Crippen molar-refractivity contribution in [2.45, 2.75) is 10.1 Å². The van der Waals surface area contributed by atoms with Crippen molar-refractivity contribution in [3.63, 3.8) is 0 Å².